The lowest BCUT2D eigenvalue weighted by Crippen LogP contribution is -2.52. The molecule has 0 saturated heterocycles. The van der Waals surface area contributed by atoms with E-state index in [1.165, 1.54) is 37.7 Å². The molecule has 1 saturated carbocycles. The highest BCUT2D eigenvalue weighted by Crippen LogP contribution is 2.31. The van der Waals surface area contributed by atoms with Crippen molar-refractivity contribution >= 4 is 0 Å². The van der Waals surface area contributed by atoms with Gasteiger partial charge in [-0.3, -0.25) is 0 Å². The van der Waals surface area contributed by atoms with E-state index in [0.717, 1.165) is 13.1 Å². The van der Waals surface area contributed by atoms with Crippen LogP contribution < -0.4 is 5.32 Å². The van der Waals surface area contributed by atoms with Gasteiger partial charge in [-0.15, -0.1) is 0 Å². The van der Waals surface area contributed by atoms with E-state index in [1.54, 1.807) is 6.26 Å². The van der Waals surface area contributed by atoms with Gasteiger partial charge in [0.05, 0.1) is 12.5 Å². The first kappa shape index (κ1) is 12.7. The Kier molecular flexibility index (Phi) is 4.24. The minimum absolute atomic E-state index is 0.363. The van der Waals surface area contributed by atoms with Gasteiger partial charge in [0.15, 0.2) is 0 Å². The van der Waals surface area contributed by atoms with Crippen LogP contribution in [0.15, 0.2) is 23.0 Å². The van der Waals surface area contributed by atoms with Crippen LogP contribution in [0.3, 0.4) is 0 Å². The monoisotopic (exact) mass is 236 g/mol. The number of hydrogen-bond acceptors (Lipinski definition) is 3. The van der Waals surface area contributed by atoms with Gasteiger partial charge < -0.3 is 14.6 Å². The highest BCUT2D eigenvalue weighted by atomic mass is 16.3. The molecule has 1 heterocycles. The molecule has 0 unspecified atom stereocenters. The average Bonchev–Trinajstić information content (AvgIpc) is 2.83. The quantitative estimate of drug-likeness (QED) is 0.852. The standard InChI is InChI=1S/C14H24N2O/c1-16(2)14(7-4-3-5-8-14)12-15-10-13-6-9-17-11-13/h6,9,11,15H,3-5,7-8,10,12H2,1-2H3. The van der Waals surface area contributed by atoms with Crippen molar-refractivity contribution in [2.24, 2.45) is 0 Å². The van der Waals surface area contributed by atoms with Gasteiger partial charge in [-0.05, 0) is 33.0 Å². The molecule has 3 nitrogen and oxygen atoms in total. The van der Waals surface area contributed by atoms with Crippen LogP contribution in [0.2, 0.25) is 0 Å². The van der Waals surface area contributed by atoms with E-state index in [2.05, 4.69) is 24.3 Å². The van der Waals surface area contributed by atoms with Crippen molar-refractivity contribution < 1.29 is 4.42 Å². The molecule has 0 amide bonds. The van der Waals surface area contributed by atoms with Crippen molar-refractivity contribution in [1.29, 1.82) is 0 Å². The van der Waals surface area contributed by atoms with Crippen LogP contribution >= 0.6 is 0 Å². The summed E-state index contributed by atoms with van der Waals surface area (Å²) in [5, 5.41) is 3.58. The zero-order valence-corrected chi connectivity index (χ0v) is 11.0. The van der Waals surface area contributed by atoms with Crippen LogP contribution in [0.1, 0.15) is 37.7 Å². The molecule has 0 bridgehead atoms. The molecular formula is C14H24N2O. The van der Waals surface area contributed by atoms with Crippen LogP contribution in [0, 0.1) is 0 Å². The largest absolute Gasteiger partial charge is 0.472 e. The summed E-state index contributed by atoms with van der Waals surface area (Å²) in [6.45, 7) is 1.98. The number of rotatable bonds is 5. The summed E-state index contributed by atoms with van der Waals surface area (Å²) >= 11 is 0. The summed E-state index contributed by atoms with van der Waals surface area (Å²) in [5.41, 5.74) is 1.59. The zero-order valence-electron chi connectivity index (χ0n) is 11.0. The lowest BCUT2D eigenvalue weighted by atomic mass is 9.80. The van der Waals surface area contributed by atoms with E-state index in [4.69, 9.17) is 4.42 Å². The summed E-state index contributed by atoms with van der Waals surface area (Å²) in [6, 6.07) is 2.02. The Morgan fingerprint density at radius 2 is 2.06 bits per heavy atom. The number of hydrogen-bond donors (Lipinski definition) is 1. The first-order valence-corrected chi connectivity index (χ1v) is 6.62. The predicted molar refractivity (Wildman–Crippen MR) is 69.9 cm³/mol. The second kappa shape index (κ2) is 5.69. The van der Waals surface area contributed by atoms with Gasteiger partial charge in [-0.1, -0.05) is 19.3 Å². The Morgan fingerprint density at radius 1 is 1.29 bits per heavy atom. The lowest BCUT2D eigenvalue weighted by molar-refractivity contribution is 0.0984. The second-order valence-corrected chi connectivity index (χ2v) is 5.41. The number of nitrogens with zero attached hydrogens (tertiary/aromatic N) is 1. The van der Waals surface area contributed by atoms with Crippen molar-refractivity contribution in [2.75, 3.05) is 20.6 Å². The van der Waals surface area contributed by atoms with Gasteiger partial charge >= 0.3 is 0 Å². The molecule has 1 aliphatic rings. The molecule has 1 fully saturated rings. The van der Waals surface area contributed by atoms with Crippen LogP contribution in [-0.2, 0) is 6.54 Å². The minimum atomic E-state index is 0.363. The molecule has 0 spiro atoms. The van der Waals surface area contributed by atoms with Crippen molar-refractivity contribution in [2.45, 2.75) is 44.2 Å². The van der Waals surface area contributed by atoms with Crippen molar-refractivity contribution in [3.05, 3.63) is 24.2 Å². The van der Waals surface area contributed by atoms with Crippen molar-refractivity contribution in [3.63, 3.8) is 0 Å². The molecule has 0 aliphatic heterocycles. The fourth-order valence-corrected chi connectivity index (χ4v) is 2.82. The number of likely N-dealkylation sites (N-methyl/N-ethyl adjacent to an activating group) is 1. The summed E-state index contributed by atoms with van der Waals surface area (Å²) in [6.07, 6.45) is 10.3. The normalized spacial score (nSPS) is 19.7. The van der Waals surface area contributed by atoms with E-state index in [1.807, 2.05) is 12.3 Å². The third kappa shape index (κ3) is 3.11. The third-order valence-corrected chi connectivity index (χ3v) is 4.10. The Labute approximate surface area is 104 Å². The van der Waals surface area contributed by atoms with Gasteiger partial charge in [0.2, 0.25) is 0 Å². The first-order chi connectivity index (χ1) is 8.23. The molecule has 1 aromatic rings. The lowest BCUT2D eigenvalue weighted by Gasteiger charge is -2.43. The molecule has 17 heavy (non-hydrogen) atoms. The van der Waals surface area contributed by atoms with E-state index in [-0.39, 0.29) is 0 Å². The van der Waals surface area contributed by atoms with Crippen LogP contribution in [0.5, 0.6) is 0 Å². The zero-order chi connectivity index (χ0) is 12.1. The van der Waals surface area contributed by atoms with Crippen LogP contribution in [-0.4, -0.2) is 31.1 Å². The Bertz CT molecular complexity index is 313. The van der Waals surface area contributed by atoms with E-state index < -0.39 is 0 Å². The molecule has 0 radical (unpaired) electrons. The van der Waals surface area contributed by atoms with Crippen LogP contribution in [0.4, 0.5) is 0 Å². The fraction of sp³-hybridized carbons (Fsp3) is 0.714. The maximum absolute atomic E-state index is 5.08. The number of nitrogens with one attached hydrogen (secondary N) is 1. The molecule has 2 rings (SSSR count). The highest BCUT2D eigenvalue weighted by Gasteiger charge is 2.33. The summed E-state index contributed by atoms with van der Waals surface area (Å²) in [4.78, 5) is 2.41. The molecule has 1 N–H and O–H groups in total. The summed E-state index contributed by atoms with van der Waals surface area (Å²) < 4.78 is 5.08. The smallest absolute Gasteiger partial charge is 0.0947 e. The first-order valence-electron chi connectivity index (χ1n) is 6.62. The second-order valence-electron chi connectivity index (χ2n) is 5.41. The average molecular weight is 236 g/mol. The highest BCUT2D eigenvalue weighted by molar-refractivity contribution is 5.05. The van der Waals surface area contributed by atoms with E-state index in [0.29, 0.717) is 5.54 Å². The molecule has 1 aliphatic carbocycles. The maximum Gasteiger partial charge on any atom is 0.0947 e. The molecule has 0 aromatic carbocycles. The Morgan fingerprint density at radius 3 is 2.65 bits per heavy atom. The van der Waals surface area contributed by atoms with Gasteiger partial charge in [0.25, 0.3) is 0 Å². The van der Waals surface area contributed by atoms with E-state index >= 15 is 0 Å². The molecule has 1 aromatic heterocycles. The van der Waals surface area contributed by atoms with Crippen LogP contribution in [0.25, 0.3) is 0 Å². The van der Waals surface area contributed by atoms with Gasteiger partial charge in [0.1, 0.15) is 0 Å². The SMILES string of the molecule is CN(C)C1(CNCc2ccoc2)CCCCC1. The number of furan rings is 1. The van der Waals surface area contributed by atoms with E-state index in [9.17, 15) is 0 Å². The van der Waals surface area contributed by atoms with Crippen molar-refractivity contribution in [1.82, 2.24) is 10.2 Å². The molecule has 0 atom stereocenters. The maximum atomic E-state index is 5.08. The fourth-order valence-electron chi connectivity index (χ4n) is 2.82. The summed E-state index contributed by atoms with van der Waals surface area (Å²) in [5.74, 6) is 0. The van der Waals surface area contributed by atoms with Crippen molar-refractivity contribution in [3.8, 4) is 0 Å². The molecule has 96 valence electrons. The van der Waals surface area contributed by atoms with Gasteiger partial charge in [0, 0.05) is 24.2 Å². The summed E-state index contributed by atoms with van der Waals surface area (Å²) in [7, 11) is 4.43. The van der Waals surface area contributed by atoms with Gasteiger partial charge in [-0.25, -0.2) is 0 Å². The Hall–Kier alpha value is -0.800. The minimum Gasteiger partial charge on any atom is -0.472 e. The van der Waals surface area contributed by atoms with Gasteiger partial charge in [-0.2, -0.15) is 0 Å². The third-order valence-electron chi connectivity index (χ3n) is 4.10. The Balaban J connectivity index is 1.85. The predicted octanol–water partition coefficient (Wildman–Crippen LogP) is 2.63. The topological polar surface area (TPSA) is 28.4 Å². The molecular weight excluding hydrogens is 212 g/mol. The molecule has 3 heteroatoms.